The van der Waals surface area contributed by atoms with E-state index in [0.29, 0.717) is 10.6 Å². The molecule has 0 amide bonds. The fourth-order valence-electron chi connectivity index (χ4n) is 1.82. The molecule has 18 heavy (non-hydrogen) atoms. The summed E-state index contributed by atoms with van der Waals surface area (Å²) in [6.07, 6.45) is 0.765. The number of hydrogen-bond donors (Lipinski definition) is 0. The largest absolute Gasteiger partial charge is 0.494 e. The van der Waals surface area contributed by atoms with Gasteiger partial charge in [-0.3, -0.25) is 4.79 Å². The molecule has 1 fully saturated rings. The Morgan fingerprint density at radius 1 is 1.11 bits per heavy atom. The molecule has 0 unspecified atom stereocenters. The number of halogens is 1. The molecule has 5 heteroatoms. The lowest BCUT2D eigenvalue weighted by atomic mass is 9.78. The summed E-state index contributed by atoms with van der Waals surface area (Å²) < 4.78 is 11.8. The van der Waals surface area contributed by atoms with E-state index in [1.54, 1.807) is 18.2 Å². The highest BCUT2D eigenvalue weighted by Crippen LogP contribution is 2.36. The van der Waals surface area contributed by atoms with Crippen molar-refractivity contribution in [2.45, 2.75) is 38.9 Å². The zero-order valence-electron chi connectivity index (χ0n) is 11.0. The zero-order chi connectivity index (χ0) is 13.6. The second kappa shape index (κ2) is 4.37. The van der Waals surface area contributed by atoms with E-state index in [4.69, 9.17) is 20.9 Å². The van der Waals surface area contributed by atoms with Crippen LogP contribution in [0.4, 0.5) is 0 Å². The first-order valence-electron chi connectivity index (χ1n) is 5.86. The topological polar surface area (TPSA) is 35.5 Å². The number of carbonyl (C=O) groups excluding carboxylic acids is 1. The molecule has 0 saturated carbocycles. The highest BCUT2D eigenvalue weighted by atomic mass is 35.5. The molecule has 0 radical (unpaired) electrons. The number of rotatable bonds is 2. The van der Waals surface area contributed by atoms with Crippen molar-refractivity contribution in [2.75, 3.05) is 0 Å². The molecule has 0 aliphatic carbocycles. The van der Waals surface area contributed by atoms with Crippen molar-refractivity contribution in [3.05, 3.63) is 28.8 Å². The van der Waals surface area contributed by atoms with Gasteiger partial charge in [-0.15, -0.1) is 0 Å². The molecule has 0 aromatic heterocycles. The number of aldehydes is 1. The van der Waals surface area contributed by atoms with Gasteiger partial charge in [0.15, 0.2) is 0 Å². The van der Waals surface area contributed by atoms with E-state index < -0.39 is 18.3 Å². The molecule has 1 aromatic carbocycles. The third-order valence-corrected chi connectivity index (χ3v) is 3.82. The molecule has 0 atom stereocenters. The maximum Gasteiger partial charge on any atom is 0.494 e. The Labute approximate surface area is 113 Å². The van der Waals surface area contributed by atoms with E-state index in [0.717, 1.165) is 11.7 Å². The van der Waals surface area contributed by atoms with Crippen LogP contribution in [0.25, 0.3) is 0 Å². The summed E-state index contributed by atoms with van der Waals surface area (Å²) >= 11 is 5.98. The van der Waals surface area contributed by atoms with Crippen LogP contribution in [-0.2, 0) is 9.31 Å². The van der Waals surface area contributed by atoms with Gasteiger partial charge in [0.25, 0.3) is 0 Å². The van der Waals surface area contributed by atoms with Crippen molar-refractivity contribution in [3.63, 3.8) is 0 Å². The number of benzene rings is 1. The predicted octanol–water partition coefficient (Wildman–Crippen LogP) is 2.45. The van der Waals surface area contributed by atoms with Gasteiger partial charge in [-0.1, -0.05) is 17.7 Å². The maximum absolute atomic E-state index is 10.8. The van der Waals surface area contributed by atoms with E-state index >= 15 is 0 Å². The van der Waals surface area contributed by atoms with Gasteiger partial charge in [-0.25, -0.2) is 0 Å². The maximum atomic E-state index is 10.8. The highest BCUT2D eigenvalue weighted by Gasteiger charge is 2.51. The van der Waals surface area contributed by atoms with Gasteiger partial charge in [0.2, 0.25) is 0 Å². The Bertz CT molecular complexity index is 469. The first kappa shape index (κ1) is 13.6. The van der Waals surface area contributed by atoms with Gasteiger partial charge in [-0.2, -0.15) is 0 Å². The van der Waals surface area contributed by atoms with Crippen LogP contribution in [0, 0.1) is 0 Å². The Morgan fingerprint density at radius 2 is 1.67 bits per heavy atom. The quantitative estimate of drug-likeness (QED) is 0.609. The third-order valence-electron chi connectivity index (χ3n) is 3.60. The van der Waals surface area contributed by atoms with E-state index in [1.165, 1.54) is 0 Å². The van der Waals surface area contributed by atoms with E-state index in [-0.39, 0.29) is 0 Å². The minimum Gasteiger partial charge on any atom is -0.399 e. The Morgan fingerprint density at radius 3 is 2.17 bits per heavy atom. The van der Waals surface area contributed by atoms with Gasteiger partial charge in [0.05, 0.1) is 11.2 Å². The molecule has 0 bridgehead atoms. The smallest absolute Gasteiger partial charge is 0.399 e. The van der Waals surface area contributed by atoms with Crippen molar-refractivity contribution in [1.29, 1.82) is 0 Å². The molecule has 1 aliphatic rings. The molecule has 96 valence electrons. The van der Waals surface area contributed by atoms with Crippen molar-refractivity contribution < 1.29 is 14.1 Å². The van der Waals surface area contributed by atoms with E-state index in [2.05, 4.69) is 0 Å². The van der Waals surface area contributed by atoms with Gasteiger partial charge < -0.3 is 9.31 Å². The van der Waals surface area contributed by atoms with Gasteiger partial charge in [0.1, 0.15) is 6.29 Å². The van der Waals surface area contributed by atoms with Crippen LogP contribution in [-0.4, -0.2) is 24.6 Å². The number of carbonyl (C=O) groups is 1. The minimum absolute atomic E-state index is 0.401. The first-order valence-corrected chi connectivity index (χ1v) is 6.24. The molecule has 1 aliphatic heterocycles. The summed E-state index contributed by atoms with van der Waals surface area (Å²) in [5.74, 6) is 0. The summed E-state index contributed by atoms with van der Waals surface area (Å²) in [5.41, 5.74) is 0.485. The molecule has 0 spiro atoms. The Balaban J connectivity index is 2.35. The van der Waals surface area contributed by atoms with Gasteiger partial charge in [0, 0.05) is 10.6 Å². The van der Waals surface area contributed by atoms with Crippen LogP contribution < -0.4 is 5.46 Å². The molecule has 1 aromatic rings. The van der Waals surface area contributed by atoms with Crippen LogP contribution in [0.5, 0.6) is 0 Å². The van der Waals surface area contributed by atoms with Crippen molar-refractivity contribution in [2.24, 2.45) is 0 Å². The fourth-order valence-corrected chi connectivity index (χ4v) is 2.07. The third kappa shape index (κ3) is 2.33. The zero-order valence-corrected chi connectivity index (χ0v) is 11.7. The summed E-state index contributed by atoms with van der Waals surface area (Å²) in [6.45, 7) is 7.94. The fraction of sp³-hybridized carbons (Fsp3) is 0.462. The van der Waals surface area contributed by atoms with E-state index in [9.17, 15) is 4.79 Å². The second-order valence-corrected chi connectivity index (χ2v) is 5.96. The van der Waals surface area contributed by atoms with Crippen LogP contribution in [0.15, 0.2) is 18.2 Å². The summed E-state index contributed by atoms with van der Waals surface area (Å²) in [7, 11) is -0.493. The first-order chi connectivity index (χ1) is 8.25. The van der Waals surface area contributed by atoms with Gasteiger partial charge in [-0.05, 0) is 45.3 Å². The molecule has 1 saturated heterocycles. The molecule has 2 rings (SSSR count). The molecule has 3 nitrogen and oxygen atoms in total. The predicted molar refractivity (Wildman–Crippen MR) is 72.6 cm³/mol. The molecular formula is C13H16BClO3. The van der Waals surface area contributed by atoms with Crippen molar-refractivity contribution >= 4 is 30.5 Å². The standard InChI is InChI=1S/C13H16BClO3/c1-12(2)13(3,4)18-14(17-12)10-5-9(8-16)6-11(15)7-10/h5-8H,1-4H3. The van der Waals surface area contributed by atoms with E-state index in [1.807, 2.05) is 27.7 Å². The van der Waals surface area contributed by atoms with Crippen LogP contribution in [0.1, 0.15) is 38.1 Å². The summed E-state index contributed by atoms with van der Waals surface area (Å²) in [6, 6.07) is 5.11. The average Bonchev–Trinajstić information content (AvgIpc) is 2.47. The average molecular weight is 267 g/mol. The van der Waals surface area contributed by atoms with Crippen LogP contribution in [0.3, 0.4) is 0 Å². The summed E-state index contributed by atoms with van der Waals surface area (Å²) in [5, 5.41) is 0.504. The Hall–Kier alpha value is -0.835. The lowest BCUT2D eigenvalue weighted by Crippen LogP contribution is -2.41. The SMILES string of the molecule is CC1(C)OB(c2cc(Cl)cc(C=O)c2)OC1(C)C. The van der Waals surface area contributed by atoms with Crippen LogP contribution >= 0.6 is 11.6 Å². The van der Waals surface area contributed by atoms with Crippen molar-refractivity contribution in [3.8, 4) is 0 Å². The molecule has 1 heterocycles. The lowest BCUT2D eigenvalue weighted by molar-refractivity contribution is 0.00578. The monoisotopic (exact) mass is 266 g/mol. The summed E-state index contributed by atoms with van der Waals surface area (Å²) in [4.78, 5) is 10.8. The minimum atomic E-state index is -0.493. The number of hydrogen-bond acceptors (Lipinski definition) is 3. The normalized spacial score (nSPS) is 21.1. The molecular weight excluding hydrogens is 250 g/mol. The Kier molecular flexibility index (Phi) is 3.30. The van der Waals surface area contributed by atoms with Crippen LogP contribution in [0.2, 0.25) is 5.02 Å². The van der Waals surface area contributed by atoms with Crippen molar-refractivity contribution in [1.82, 2.24) is 0 Å². The van der Waals surface area contributed by atoms with Gasteiger partial charge >= 0.3 is 7.12 Å². The second-order valence-electron chi connectivity index (χ2n) is 5.52. The molecule has 0 N–H and O–H groups in total. The lowest BCUT2D eigenvalue weighted by Gasteiger charge is -2.32. The highest BCUT2D eigenvalue weighted by molar-refractivity contribution is 6.62.